The molecule has 0 radical (unpaired) electrons. The number of hydrogen-bond acceptors (Lipinski definition) is 4. The molecule has 1 saturated carbocycles. The highest BCUT2D eigenvalue weighted by Gasteiger charge is 2.48. The highest BCUT2D eigenvalue weighted by Crippen LogP contribution is 2.37. The zero-order valence-electron chi connectivity index (χ0n) is 19.2. The summed E-state index contributed by atoms with van der Waals surface area (Å²) in [6.07, 6.45) is -2.41. The summed E-state index contributed by atoms with van der Waals surface area (Å²) < 4.78 is 56.5. The van der Waals surface area contributed by atoms with Gasteiger partial charge in [-0.1, -0.05) is 36.4 Å². The fourth-order valence-electron chi connectivity index (χ4n) is 3.66. The zero-order chi connectivity index (χ0) is 25.1. The first-order valence-electron chi connectivity index (χ1n) is 10.9. The molecule has 0 saturated heterocycles. The molecule has 9 heteroatoms. The first kappa shape index (κ1) is 26.0. The monoisotopic (exact) mass is 493 g/mol. The molecule has 0 spiro atoms. The number of benzene rings is 2. The van der Waals surface area contributed by atoms with Gasteiger partial charge < -0.3 is 5.32 Å². The van der Waals surface area contributed by atoms with Gasteiger partial charge in [-0.3, -0.25) is 10.1 Å². The standard InChI is InChI=1S/C25H27F4N3OS/c1-23(2,26)14-20(22(33)32-24(15-30)12-13-24)31-21(25(27,28)29)18-6-4-16(5-7-18)17-8-10-19(34-3)11-9-17/h4-11,20-21,31H,12-14H2,1-3H3,(H,32,33)/t20-,21-/m0/s1. The van der Waals surface area contributed by atoms with Gasteiger partial charge in [0.2, 0.25) is 5.91 Å². The number of halogens is 4. The van der Waals surface area contributed by atoms with Gasteiger partial charge in [0.15, 0.2) is 0 Å². The molecular weight excluding hydrogens is 466 g/mol. The number of amides is 1. The lowest BCUT2D eigenvalue weighted by atomic mass is 9.96. The van der Waals surface area contributed by atoms with Crippen LogP contribution in [0.3, 0.4) is 0 Å². The maximum atomic E-state index is 14.4. The van der Waals surface area contributed by atoms with E-state index < -0.39 is 41.8 Å². The molecular formula is C25H27F4N3OS. The van der Waals surface area contributed by atoms with Gasteiger partial charge >= 0.3 is 6.18 Å². The van der Waals surface area contributed by atoms with Crippen molar-refractivity contribution in [2.24, 2.45) is 0 Å². The highest BCUT2D eigenvalue weighted by molar-refractivity contribution is 7.98. The number of nitriles is 1. The van der Waals surface area contributed by atoms with Crippen molar-refractivity contribution in [3.63, 3.8) is 0 Å². The molecule has 1 aliphatic rings. The number of rotatable bonds is 9. The minimum absolute atomic E-state index is 0.0899. The van der Waals surface area contributed by atoms with Crippen molar-refractivity contribution >= 4 is 17.7 Å². The van der Waals surface area contributed by atoms with Crippen LogP contribution < -0.4 is 10.6 Å². The van der Waals surface area contributed by atoms with Crippen molar-refractivity contribution in [2.75, 3.05) is 6.26 Å². The van der Waals surface area contributed by atoms with Crippen LogP contribution in [0.25, 0.3) is 11.1 Å². The van der Waals surface area contributed by atoms with Crippen LogP contribution in [0.1, 0.15) is 44.7 Å². The molecule has 0 aliphatic heterocycles. The molecule has 3 rings (SSSR count). The number of nitrogens with one attached hydrogen (secondary N) is 2. The zero-order valence-corrected chi connectivity index (χ0v) is 20.0. The summed E-state index contributed by atoms with van der Waals surface area (Å²) in [5.74, 6) is -0.815. The Labute approximate surface area is 201 Å². The number of nitrogens with zero attached hydrogens (tertiary/aromatic N) is 1. The third-order valence-electron chi connectivity index (χ3n) is 5.70. The largest absolute Gasteiger partial charge is 0.407 e. The molecule has 4 nitrogen and oxygen atoms in total. The van der Waals surface area contributed by atoms with E-state index in [-0.39, 0.29) is 5.56 Å². The quantitative estimate of drug-likeness (QED) is 0.335. The van der Waals surface area contributed by atoms with Crippen LogP contribution in [0.15, 0.2) is 53.4 Å². The second-order valence-corrected chi connectivity index (χ2v) is 10.0. The average Bonchev–Trinajstić information content (AvgIpc) is 3.55. The lowest BCUT2D eigenvalue weighted by molar-refractivity contribution is -0.161. The summed E-state index contributed by atoms with van der Waals surface area (Å²) in [6.45, 7) is 2.40. The van der Waals surface area contributed by atoms with Gasteiger partial charge in [-0.05, 0) is 61.8 Å². The van der Waals surface area contributed by atoms with Crippen LogP contribution in [0, 0.1) is 11.3 Å². The maximum Gasteiger partial charge on any atom is 0.407 e. The van der Waals surface area contributed by atoms with E-state index in [0.717, 1.165) is 16.0 Å². The van der Waals surface area contributed by atoms with Crippen LogP contribution in [0.4, 0.5) is 17.6 Å². The van der Waals surface area contributed by atoms with Gasteiger partial charge in [-0.2, -0.15) is 18.4 Å². The average molecular weight is 494 g/mol. The van der Waals surface area contributed by atoms with Crippen molar-refractivity contribution in [1.82, 2.24) is 10.6 Å². The summed E-state index contributed by atoms with van der Waals surface area (Å²) in [4.78, 5) is 13.8. The SMILES string of the molecule is CSc1ccc(-c2ccc([C@H](N[C@@H](CC(C)(C)F)C(=O)NC3(C#N)CC3)C(F)(F)F)cc2)cc1. The minimum Gasteiger partial charge on any atom is -0.336 e. The van der Waals surface area contributed by atoms with Crippen LogP contribution in [-0.2, 0) is 4.79 Å². The maximum absolute atomic E-state index is 14.4. The third-order valence-corrected chi connectivity index (χ3v) is 6.44. The summed E-state index contributed by atoms with van der Waals surface area (Å²) in [5, 5.41) is 14.0. The molecule has 1 aliphatic carbocycles. The number of carbonyl (C=O) groups excluding carboxylic acids is 1. The Kier molecular flexibility index (Phi) is 7.63. The van der Waals surface area contributed by atoms with Crippen LogP contribution >= 0.6 is 11.8 Å². The predicted octanol–water partition coefficient (Wildman–Crippen LogP) is 5.95. The summed E-state index contributed by atoms with van der Waals surface area (Å²) in [6, 6.07) is 11.9. The van der Waals surface area contributed by atoms with E-state index in [9.17, 15) is 27.6 Å². The van der Waals surface area contributed by atoms with Crippen molar-refractivity contribution in [2.45, 2.75) is 67.5 Å². The lowest BCUT2D eigenvalue weighted by Gasteiger charge is -2.30. The first-order valence-corrected chi connectivity index (χ1v) is 12.1. The van der Waals surface area contributed by atoms with E-state index in [0.29, 0.717) is 12.8 Å². The Morgan fingerprint density at radius 2 is 1.59 bits per heavy atom. The Morgan fingerprint density at radius 1 is 1.06 bits per heavy atom. The Morgan fingerprint density at radius 3 is 2.00 bits per heavy atom. The second-order valence-electron chi connectivity index (χ2n) is 9.15. The van der Waals surface area contributed by atoms with Crippen molar-refractivity contribution in [1.29, 1.82) is 5.26 Å². The number of thioether (sulfide) groups is 1. The number of alkyl halides is 4. The lowest BCUT2D eigenvalue weighted by Crippen LogP contribution is -2.53. The molecule has 2 aromatic carbocycles. The Bertz CT molecular complexity index is 1040. The Hall–Kier alpha value is -2.57. The van der Waals surface area contributed by atoms with Crippen LogP contribution in [-0.4, -0.2) is 35.6 Å². The highest BCUT2D eigenvalue weighted by atomic mass is 32.2. The molecule has 0 unspecified atom stereocenters. The summed E-state index contributed by atoms with van der Waals surface area (Å²) in [5.41, 5.74) is -1.45. The molecule has 182 valence electrons. The van der Waals surface area contributed by atoms with Gasteiger partial charge in [-0.15, -0.1) is 11.8 Å². The molecule has 0 heterocycles. The molecule has 1 fully saturated rings. The second kappa shape index (κ2) is 9.96. The minimum atomic E-state index is -4.73. The van der Waals surface area contributed by atoms with Gasteiger partial charge in [0, 0.05) is 11.3 Å². The molecule has 0 aromatic heterocycles. The molecule has 2 aromatic rings. The normalized spacial score (nSPS) is 16.9. The van der Waals surface area contributed by atoms with Gasteiger partial charge in [0.05, 0.1) is 12.1 Å². The van der Waals surface area contributed by atoms with E-state index in [1.165, 1.54) is 26.0 Å². The molecule has 0 bridgehead atoms. The topological polar surface area (TPSA) is 64.9 Å². The fourth-order valence-corrected chi connectivity index (χ4v) is 4.07. The van der Waals surface area contributed by atoms with E-state index in [4.69, 9.17) is 0 Å². The van der Waals surface area contributed by atoms with Crippen molar-refractivity contribution in [3.05, 3.63) is 54.1 Å². The number of hydrogen-bond donors (Lipinski definition) is 2. The van der Waals surface area contributed by atoms with Gasteiger partial charge in [0.1, 0.15) is 17.2 Å². The van der Waals surface area contributed by atoms with E-state index in [2.05, 4.69) is 10.6 Å². The smallest absolute Gasteiger partial charge is 0.336 e. The van der Waals surface area contributed by atoms with E-state index in [1.807, 2.05) is 36.6 Å². The number of carbonyl (C=O) groups is 1. The summed E-state index contributed by atoms with van der Waals surface area (Å²) >= 11 is 1.59. The Balaban J connectivity index is 1.85. The van der Waals surface area contributed by atoms with Crippen LogP contribution in [0.2, 0.25) is 0 Å². The first-order chi connectivity index (χ1) is 15.9. The van der Waals surface area contributed by atoms with Gasteiger partial charge in [-0.25, -0.2) is 4.39 Å². The molecule has 1 amide bonds. The van der Waals surface area contributed by atoms with Crippen LogP contribution in [0.5, 0.6) is 0 Å². The third kappa shape index (κ3) is 6.73. The molecule has 2 atom stereocenters. The van der Waals surface area contributed by atoms with E-state index in [1.54, 1.807) is 23.9 Å². The summed E-state index contributed by atoms with van der Waals surface area (Å²) in [7, 11) is 0. The molecule has 2 N–H and O–H groups in total. The van der Waals surface area contributed by atoms with Gasteiger partial charge in [0.25, 0.3) is 0 Å². The fraction of sp³-hybridized carbons (Fsp3) is 0.440. The van der Waals surface area contributed by atoms with E-state index >= 15 is 0 Å². The van der Waals surface area contributed by atoms with Crippen molar-refractivity contribution < 1.29 is 22.4 Å². The molecule has 34 heavy (non-hydrogen) atoms. The predicted molar refractivity (Wildman–Crippen MR) is 125 cm³/mol. The van der Waals surface area contributed by atoms with Crippen molar-refractivity contribution in [3.8, 4) is 17.2 Å².